The van der Waals surface area contributed by atoms with Gasteiger partial charge in [-0.3, -0.25) is 19.3 Å². The Hall–Kier alpha value is -4.24. The van der Waals surface area contributed by atoms with Crippen LogP contribution in [-0.4, -0.2) is 74.2 Å². The van der Waals surface area contributed by atoms with E-state index in [2.05, 4.69) is 15.5 Å². The van der Waals surface area contributed by atoms with Crippen LogP contribution in [0.1, 0.15) is 37.8 Å². The molecule has 0 spiro atoms. The minimum absolute atomic E-state index is 0.0946. The van der Waals surface area contributed by atoms with Crippen molar-refractivity contribution in [3.05, 3.63) is 58.5 Å². The van der Waals surface area contributed by atoms with Crippen LogP contribution in [0.25, 0.3) is 0 Å². The van der Waals surface area contributed by atoms with Crippen molar-refractivity contribution in [1.82, 2.24) is 15.2 Å². The van der Waals surface area contributed by atoms with E-state index in [1.165, 1.54) is 16.7 Å². The molecule has 2 atom stereocenters. The molecular weight excluding hydrogens is 594 g/mol. The van der Waals surface area contributed by atoms with Gasteiger partial charge in [0.2, 0.25) is 0 Å². The number of nitrogens with one attached hydrogen (secondary N) is 1. The summed E-state index contributed by atoms with van der Waals surface area (Å²) in [6.45, 7) is 0.472. The maximum Gasteiger partial charge on any atom is 0.352 e. The van der Waals surface area contributed by atoms with E-state index in [1.54, 1.807) is 16.4 Å². The second kappa shape index (κ2) is 11.8. The molecule has 2 unspecified atom stereocenters. The summed E-state index contributed by atoms with van der Waals surface area (Å²) in [4.78, 5) is 64.8. The third-order valence-corrected chi connectivity index (χ3v) is 9.78. The van der Waals surface area contributed by atoms with E-state index in [0.717, 1.165) is 42.7 Å². The number of fused-ring (bicyclic) bond motifs is 1. The number of pyridine rings is 1. The Bertz CT molecular complexity index is 1580. The standard InChI is InChI=1S/C28H29N7O6S2/c1-33-9-7-17(8-10-33)34-11-6-15(24(34)37)12-16-13-42-26-21(25(38)35(26)22(16)27(39)40)31-23(36)20(19-14-43-28(29)30-19)32-41-18-4-2-3-5-18/h7-10,12,14,18,21,26H,2-6,11,13H2,1H3,(H3-,29,30,31,36,39,40)/p+1. The number of oxime groups is 1. The molecule has 2 aromatic rings. The molecular formula is C28H30N7O6S2+. The molecule has 6 rings (SSSR count). The molecule has 0 aromatic carbocycles. The molecule has 224 valence electrons. The van der Waals surface area contributed by atoms with Crippen LogP contribution in [0.4, 0.5) is 10.8 Å². The molecule has 4 N–H and O–H groups in total. The lowest BCUT2D eigenvalue weighted by atomic mass is 10.0. The summed E-state index contributed by atoms with van der Waals surface area (Å²) in [6.07, 6.45) is 9.36. The first-order valence-corrected chi connectivity index (χ1v) is 15.8. The normalized spacial score (nSPS) is 23.6. The number of carboxylic acids is 1. The largest absolute Gasteiger partial charge is 0.477 e. The number of thioether (sulfide) groups is 1. The number of hydrogen-bond donors (Lipinski definition) is 3. The zero-order valence-electron chi connectivity index (χ0n) is 23.3. The molecule has 43 heavy (non-hydrogen) atoms. The van der Waals surface area contributed by atoms with E-state index >= 15 is 0 Å². The number of amides is 3. The van der Waals surface area contributed by atoms with Crippen LogP contribution in [0.15, 0.2) is 58.0 Å². The van der Waals surface area contributed by atoms with Crippen molar-refractivity contribution in [2.45, 2.75) is 49.6 Å². The van der Waals surface area contributed by atoms with E-state index in [0.29, 0.717) is 24.1 Å². The third-order valence-electron chi connectivity index (χ3n) is 7.81. The molecule has 13 nitrogen and oxygen atoms in total. The third kappa shape index (κ3) is 5.61. The Balaban J connectivity index is 1.19. The lowest BCUT2D eigenvalue weighted by Gasteiger charge is -2.49. The molecule has 3 amide bonds. The zero-order valence-corrected chi connectivity index (χ0v) is 24.9. The van der Waals surface area contributed by atoms with E-state index in [4.69, 9.17) is 10.6 Å². The van der Waals surface area contributed by atoms with Gasteiger partial charge in [0.1, 0.15) is 36.0 Å². The molecule has 0 bridgehead atoms. The number of aliphatic carboxylic acids is 1. The van der Waals surface area contributed by atoms with Crippen molar-refractivity contribution in [2.75, 3.05) is 22.9 Å². The van der Waals surface area contributed by atoms with Crippen LogP contribution in [0, 0.1) is 0 Å². The first-order valence-electron chi connectivity index (χ1n) is 13.9. The number of aryl methyl sites for hydroxylation is 1. The molecule has 3 fully saturated rings. The first-order chi connectivity index (χ1) is 20.7. The number of carbonyl (C=O) groups is 4. The highest BCUT2D eigenvalue weighted by Gasteiger charge is 2.54. The van der Waals surface area contributed by atoms with Gasteiger partial charge in [0.15, 0.2) is 23.2 Å². The molecule has 0 radical (unpaired) electrons. The average Bonchev–Trinajstić information content (AvgIpc) is 3.75. The first kappa shape index (κ1) is 28.9. The molecule has 2 saturated heterocycles. The number of thiazole rings is 1. The van der Waals surface area contributed by atoms with Crippen LogP contribution >= 0.6 is 23.1 Å². The molecule has 3 aliphatic heterocycles. The Labute approximate surface area is 255 Å². The Kier molecular flexibility index (Phi) is 7.92. The van der Waals surface area contributed by atoms with Crippen LogP contribution in [0.5, 0.6) is 0 Å². The highest BCUT2D eigenvalue weighted by molar-refractivity contribution is 8.00. The van der Waals surface area contributed by atoms with Crippen LogP contribution < -0.4 is 20.5 Å². The topological polar surface area (TPSA) is 171 Å². The molecule has 5 heterocycles. The summed E-state index contributed by atoms with van der Waals surface area (Å²) in [5.41, 5.74) is 7.34. The summed E-state index contributed by atoms with van der Waals surface area (Å²) >= 11 is 2.46. The van der Waals surface area contributed by atoms with Crippen molar-refractivity contribution < 1.29 is 33.7 Å². The molecule has 1 saturated carbocycles. The Morgan fingerprint density at radius 1 is 1.26 bits per heavy atom. The summed E-state index contributed by atoms with van der Waals surface area (Å²) in [6, 6.07) is 2.71. The SMILES string of the molecule is C[n+]1ccc(N2CCC(=CC3=C(C(=O)O)N4C(=O)C(NC(=O)C(=NOC5CCCC5)c5csc(N)n5)C4SC3)C2=O)cc1. The van der Waals surface area contributed by atoms with Gasteiger partial charge in [-0.25, -0.2) is 14.3 Å². The summed E-state index contributed by atoms with van der Waals surface area (Å²) < 4.78 is 1.87. The van der Waals surface area contributed by atoms with Gasteiger partial charge in [-0.05, 0) is 43.8 Å². The summed E-state index contributed by atoms with van der Waals surface area (Å²) in [7, 11) is 1.89. The lowest BCUT2D eigenvalue weighted by molar-refractivity contribution is -0.671. The highest BCUT2D eigenvalue weighted by atomic mass is 32.2. The highest BCUT2D eigenvalue weighted by Crippen LogP contribution is 2.41. The predicted octanol–water partition coefficient (Wildman–Crippen LogP) is 1.32. The quantitative estimate of drug-likeness (QED) is 0.129. The van der Waals surface area contributed by atoms with E-state index < -0.39 is 29.2 Å². The van der Waals surface area contributed by atoms with Crippen molar-refractivity contribution in [3.8, 4) is 0 Å². The van der Waals surface area contributed by atoms with Crippen LogP contribution in [0.2, 0.25) is 0 Å². The minimum Gasteiger partial charge on any atom is -0.477 e. The maximum absolute atomic E-state index is 13.3. The van der Waals surface area contributed by atoms with Gasteiger partial charge in [-0.15, -0.1) is 23.1 Å². The van der Waals surface area contributed by atoms with Crippen LogP contribution in [-0.2, 0) is 31.1 Å². The van der Waals surface area contributed by atoms with Gasteiger partial charge < -0.3 is 25.9 Å². The molecule has 2 aromatic heterocycles. The Morgan fingerprint density at radius 3 is 2.67 bits per heavy atom. The number of anilines is 2. The smallest absolute Gasteiger partial charge is 0.352 e. The van der Waals surface area contributed by atoms with E-state index in [-0.39, 0.29) is 40.0 Å². The fraction of sp³-hybridized carbons (Fsp3) is 0.393. The van der Waals surface area contributed by atoms with Crippen molar-refractivity contribution >= 4 is 63.3 Å². The monoisotopic (exact) mass is 624 g/mol. The van der Waals surface area contributed by atoms with Gasteiger partial charge in [-0.1, -0.05) is 5.16 Å². The number of nitrogens with zero attached hydrogens (tertiary/aromatic N) is 5. The van der Waals surface area contributed by atoms with Gasteiger partial charge in [0.05, 0.1) is 5.69 Å². The lowest BCUT2D eigenvalue weighted by Crippen LogP contribution is -2.71. The molecule has 15 heteroatoms. The van der Waals surface area contributed by atoms with Gasteiger partial charge in [-0.2, -0.15) is 0 Å². The summed E-state index contributed by atoms with van der Waals surface area (Å²) in [5.74, 6) is -2.47. The van der Waals surface area contributed by atoms with Crippen molar-refractivity contribution in [2.24, 2.45) is 12.2 Å². The molecule has 4 aliphatic rings. The van der Waals surface area contributed by atoms with Gasteiger partial charge in [0, 0.05) is 35.4 Å². The van der Waals surface area contributed by atoms with Gasteiger partial charge in [0.25, 0.3) is 17.7 Å². The number of carboxylic acid groups (broad SMARTS) is 1. The van der Waals surface area contributed by atoms with E-state index in [9.17, 15) is 24.3 Å². The van der Waals surface area contributed by atoms with Crippen molar-refractivity contribution in [3.63, 3.8) is 0 Å². The second-order valence-corrected chi connectivity index (χ2v) is 12.7. The summed E-state index contributed by atoms with van der Waals surface area (Å²) in [5, 5.41) is 18.1. The van der Waals surface area contributed by atoms with Crippen LogP contribution in [0.3, 0.4) is 0 Å². The van der Waals surface area contributed by atoms with E-state index in [1.807, 2.05) is 36.1 Å². The minimum atomic E-state index is -1.28. The number of nitrogen functional groups attached to an aromatic ring is 1. The second-order valence-electron chi connectivity index (χ2n) is 10.7. The number of allylic oxidation sites excluding steroid dienone is 1. The maximum atomic E-state index is 13.3. The number of nitrogens with two attached hydrogens (primary N) is 1. The Morgan fingerprint density at radius 2 is 2.00 bits per heavy atom. The molecule has 1 aliphatic carbocycles. The van der Waals surface area contributed by atoms with Crippen molar-refractivity contribution in [1.29, 1.82) is 0 Å². The fourth-order valence-electron chi connectivity index (χ4n) is 5.56. The number of hydrogen-bond acceptors (Lipinski definition) is 10. The average molecular weight is 625 g/mol. The predicted molar refractivity (Wildman–Crippen MR) is 159 cm³/mol. The number of rotatable bonds is 8. The zero-order chi connectivity index (χ0) is 30.2. The van der Waals surface area contributed by atoms with Gasteiger partial charge >= 0.3 is 5.97 Å². The number of β-lactam (4-membered cyclic amide) rings is 1. The fourth-order valence-corrected chi connectivity index (χ4v) is 7.42. The number of aromatic nitrogens is 2. The number of carbonyl (C=O) groups excluding carboxylic acids is 3.